The summed E-state index contributed by atoms with van der Waals surface area (Å²) in [5.41, 5.74) is 3.08. The summed E-state index contributed by atoms with van der Waals surface area (Å²) in [5.74, 6) is -0.219. The van der Waals surface area contributed by atoms with Crippen molar-refractivity contribution in [3.05, 3.63) is 72.0 Å². The van der Waals surface area contributed by atoms with Crippen molar-refractivity contribution < 1.29 is 27.5 Å². The van der Waals surface area contributed by atoms with Crippen molar-refractivity contribution in [3.8, 4) is 22.4 Å². The molecular weight excluding hydrogens is 631 g/mol. The van der Waals surface area contributed by atoms with Crippen LogP contribution in [0.4, 0.5) is 15.7 Å². The minimum absolute atomic E-state index is 0.122. The van der Waals surface area contributed by atoms with Crippen LogP contribution in [0.2, 0.25) is 0 Å². The molecule has 3 amide bonds. The smallest absolute Gasteiger partial charge is 0.410 e. The number of benzene rings is 1. The summed E-state index contributed by atoms with van der Waals surface area (Å²) < 4.78 is 29.6. The number of nitrogens with one attached hydrogen (secondary N) is 2. The zero-order chi connectivity index (χ0) is 33.1. The van der Waals surface area contributed by atoms with Crippen molar-refractivity contribution in [3.63, 3.8) is 0 Å². The fourth-order valence-corrected chi connectivity index (χ4v) is 6.00. The van der Waals surface area contributed by atoms with Gasteiger partial charge in [-0.05, 0) is 56.2 Å². The Morgan fingerprint density at radius 3 is 2.41 bits per heavy atom. The first kappa shape index (κ1) is 32.6. The van der Waals surface area contributed by atoms with Gasteiger partial charge >= 0.3 is 6.09 Å². The van der Waals surface area contributed by atoms with E-state index < -0.39 is 27.4 Å². The maximum Gasteiger partial charge on any atom is 0.410 e. The Bertz CT molecular complexity index is 1850. The Kier molecular flexibility index (Phi) is 9.44. The summed E-state index contributed by atoms with van der Waals surface area (Å²) >= 11 is 1.26. The molecule has 1 aliphatic rings. The molecule has 46 heavy (non-hydrogen) atoms. The fraction of sp³-hybridized carbons (Fsp3) is 0.323. The van der Waals surface area contributed by atoms with Gasteiger partial charge in [-0.1, -0.05) is 18.2 Å². The Morgan fingerprint density at radius 2 is 1.72 bits per heavy atom. The number of thiazole rings is 1. The van der Waals surface area contributed by atoms with Crippen LogP contribution in [0.3, 0.4) is 0 Å². The number of nitrogens with zero attached hydrogens (tertiary/aromatic N) is 5. The molecule has 2 N–H and O–H groups in total. The minimum atomic E-state index is -3.51. The third-order valence-corrected chi connectivity index (χ3v) is 8.72. The molecule has 0 aliphatic carbocycles. The van der Waals surface area contributed by atoms with E-state index in [2.05, 4.69) is 25.5 Å². The van der Waals surface area contributed by atoms with Crippen LogP contribution in [0.5, 0.6) is 0 Å². The molecule has 13 nitrogen and oxygen atoms in total. The number of hydrogen-bond acceptors (Lipinski definition) is 10. The van der Waals surface area contributed by atoms with Crippen molar-refractivity contribution in [1.29, 1.82) is 0 Å². The summed E-state index contributed by atoms with van der Waals surface area (Å²) in [4.78, 5) is 50.2. The topological polar surface area (TPSA) is 156 Å². The second kappa shape index (κ2) is 13.3. The highest BCUT2D eigenvalue weighted by atomic mass is 32.2. The minimum Gasteiger partial charge on any atom is -0.444 e. The van der Waals surface area contributed by atoms with E-state index in [4.69, 9.17) is 4.74 Å². The third kappa shape index (κ3) is 8.28. The first-order valence-electron chi connectivity index (χ1n) is 14.5. The van der Waals surface area contributed by atoms with Gasteiger partial charge in [-0.2, -0.15) is 0 Å². The SMILES string of the molecule is CC(C)(C)OC(=O)N1CCN(c2cc(-c3cccc(-c4csc(NC(=O)CNC(=O)c5ccn(S(C)(=O)=O)c5)n4)c3)ccn2)CC1. The third-order valence-electron chi connectivity index (χ3n) is 6.97. The zero-order valence-corrected chi connectivity index (χ0v) is 27.5. The average Bonchev–Trinajstić information content (AvgIpc) is 3.70. The second-order valence-electron chi connectivity index (χ2n) is 11.7. The first-order valence-corrected chi connectivity index (χ1v) is 17.2. The van der Waals surface area contributed by atoms with Gasteiger partial charge in [-0.25, -0.2) is 23.2 Å². The van der Waals surface area contributed by atoms with Gasteiger partial charge in [0, 0.05) is 55.7 Å². The summed E-state index contributed by atoms with van der Waals surface area (Å²) in [7, 11) is -3.51. The lowest BCUT2D eigenvalue weighted by atomic mass is 10.0. The quantitative estimate of drug-likeness (QED) is 0.285. The van der Waals surface area contributed by atoms with Crippen molar-refractivity contribution in [2.45, 2.75) is 26.4 Å². The molecule has 1 aromatic carbocycles. The second-order valence-corrected chi connectivity index (χ2v) is 14.4. The van der Waals surface area contributed by atoms with Gasteiger partial charge in [0.2, 0.25) is 15.9 Å². The number of hydrogen-bond donors (Lipinski definition) is 2. The maximum absolute atomic E-state index is 12.5. The predicted molar refractivity (Wildman–Crippen MR) is 176 cm³/mol. The van der Waals surface area contributed by atoms with Crippen molar-refractivity contribution in [2.24, 2.45) is 0 Å². The zero-order valence-electron chi connectivity index (χ0n) is 25.9. The van der Waals surface area contributed by atoms with Crippen LogP contribution in [0.15, 0.2) is 66.4 Å². The average molecular weight is 666 g/mol. The van der Waals surface area contributed by atoms with Gasteiger partial charge in [0.05, 0.1) is 24.1 Å². The van der Waals surface area contributed by atoms with E-state index in [1.165, 1.54) is 29.8 Å². The van der Waals surface area contributed by atoms with Crippen molar-refractivity contribution in [2.75, 3.05) is 49.2 Å². The molecule has 1 fully saturated rings. The molecule has 3 aromatic heterocycles. The Morgan fingerprint density at radius 1 is 1.00 bits per heavy atom. The number of anilines is 2. The maximum atomic E-state index is 12.5. The molecule has 0 atom stereocenters. The van der Waals surface area contributed by atoms with E-state index >= 15 is 0 Å². The fourth-order valence-electron chi connectivity index (χ4n) is 4.68. The molecule has 0 spiro atoms. The van der Waals surface area contributed by atoms with Crippen LogP contribution in [0.1, 0.15) is 31.1 Å². The van der Waals surface area contributed by atoms with Crippen LogP contribution < -0.4 is 15.5 Å². The number of aromatic nitrogens is 3. The number of piperazine rings is 1. The van der Waals surface area contributed by atoms with E-state index in [0.29, 0.717) is 37.0 Å². The van der Waals surface area contributed by atoms with Crippen molar-refractivity contribution in [1.82, 2.24) is 24.2 Å². The molecule has 4 heterocycles. The number of rotatable bonds is 8. The van der Waals surface area contributed by atoms with Crippen LogP contribution in [-0.4, -0.2) is 89.7 Å². The van der Waals surface area contributed by atoms with Gasteiger partial charge in [-0.3, -0.25) is 13.6 Å². The standard InChI is InChI=1S/C31H35N7O6S2/c1-31(2,3)44-30(41)37-14-12-36(13-15-37)26-17-22(8-10-32-26)21-6-5-7-23(16-21)25-20-45-29(34-25)35-27(39)18-33-28(40)24-9-11-38(19-24)46(4,42)43/h5-11,16-17,19-20H,12-15,18H2,1-4H3,(H,33,40)(H,34,35,39). The van der Waals surface area contributed by atoms with Crippen LogP contribution in [-0.2, 0) is 19.6 Å². The molecule has 0 bridgehead atoms. The van der Waals surface area contributed by atoms with Crippen molar-refractivity contribution >= 4 is 50.2 Å². The number of amides is 3. The van der Waals surface area contributed by atoms with Crippen LogP contribution in [0.25, 0.3) is 22.4 Å². The monoisotopic (exact) mass is 665 g/mol. The van der Waals surface area contributed by atoms with Gasteiger partial charge in [0.15, 0.2) is 5.13 Å². The van der Waals surface area contributed by atoms with E-state index in [-0.39, 0.29) is 18.2 Å². The van der Waals surface area contributed by atoms with Gasteiger partial charge in [0.25, 0.3) is 5.91 Å². The first-order chi connectivity index (χ1) is 21.7. The van der Waals surface area contributed by atoms with Crippen LogP contribution >= 0.6 is 11.3 Å². The van der Waals surface area contributed by atoms with E-state index in [0.717, 1.165) is 32.7 Å². The van der Waals surface area contributed by atoms with Crippen LogP contribution in [0, 0.1) is 0 Å². The highest BCUT2D eigenvalue weighted by Gasteiger charge is 2.26. The van der Waals surface area contributed by atoms with Gasteiger partial charge < -0.3 is 25.2 Å². The summed E-state index contributed by atoms with van der Waals surface area (Å²) in [6.07, 6.45) is 4.94. The highest BCUT2D eigenvalue weighted by Crippen LogP contribution is 2.30. The molecule has 1 aliphatic heterocycles. The summed E-state index contributed by atoms with van der Waals surface area (Å²) in [6.45, 7) is 7.64. The van der Waals surface area contributed by atoms with E-state index in [9.17, 15) is 22.8 Å². The largest absolute Gasteiger partial charge is 0.444 e. The molecule has 1 saturated heterocycles. The molecular formula is C31H35N7O6S2. The number of carbonyl (C=O) groups excluding carboxylic acids is 3. The normalized spacial score (nSPS) is 13.7. The van der Waals surface area contributed by atoms with Gasteiger partial charge in [-0.15, -0.1) is 11.3 Å². The summed E-state index contributed by atoms with van der Waals surface area (Å²) in [5, 5.41) is 7.37. The molecule has 0 radical (unpaired) electrons. The molecule has 0 saturated carbocycles. The Hall–Kier alpha value is -4.76. The number of ether oxygens (including phenoxy) is 1. The number of pyridine rings is 1. The molecule has 4 aromatic rings. The van der Waals surface area contributed by atoms with E-state index in [1.807, 2.05) is 62.5 Å². The Labute approximate surface area is 271 Å². The summed E-state index contributed by atoms with van der Waals surface area (Å²) in [6, 6.07) is 13.2. The number of carbonyl (C=O) groups is 3. The van der Waals surface area contributed by atoms with Gasteiger partial charge in [0.1, 0.15) is 11.4 Å². The molecule has 242 valence electrons. The molecule has 15 heteroatoms. The predicted octanol–water partition coefficient (Wildman–Crippen LogP) is 3.91. The Balaban J connectivity index is 1.18. The lowest BCUT2D eigenvalue weighted by Crippen LogP contribution is -2.50. The lowest BCUT2D eigenvalue weighted by Gasteiger charge is -2.36. The highest BCUT2D eigenvalue weighted by molar-refractivity contribution is 7.89. The van der Waals surface area contributed by atoms with E-state index in [1.54, 1.807) is 11.1 Å². The lowest BCUT2D eigenvalue weighted by molar-refractivity contribution is -0.115. The molecule has 0 unspecified atom stereocenters. The molecule has 5 rings (SSSR count).